The molecule has 0 radical (unpaired) electrons. The van der Waals surface area contributed by atoms with Crippen LogP contribution in [0.2, 0.25) is 0 Å². The fourth-order valence-electron chi connectivity index (χ4n) is 2.66. The van der Waals surface area contributed by atoms with E-state index in [2.05, 4.69) is 9.69 Å². The number of likely N-dealkylation sites (tertiary alicyclic amines) is 1. The predicted molar refractivity (Wildman–Crippen MR) is 88.0 cm³/mol. The van der Waals surface area contributed by atoms with Gasteiger partial charge in [0.25, 0.3) is 0 Å². The van der Waals surface area contributed by atoms with Gasteiger partial charge in [-0.3, -0.25) is 5.32 Å². The van der Waals surface area contributed by atoms with E-state index in [4.69, 9.17) is 0 Å². The van der Waals surface area contributed by atoms with Crippen LogP contribution in [0.15, 0.2) is 36.4 Å². The van der Waals surface area contributed by atoms with E-state index >= 15 is 0 Å². The van der Waals surface area contributed by atoms with E-state index in [0.29, 0.717) is 6.54 Å². The highest BCUT2D eigenvalue weighted by atomic mass is 32.1. The van der Waals surface area contributed by atoms with Crippen molar-refractivity contribution in [1.82, 2.24) is 9.27 Å². The number of aliphatic hydroxyl groups excluding tert-OH is 1. The van der Waals surface area contributed by atoms with Crippen molar-refractivity contribution in [3.63, 3.8) is 0 Å². The van der Waals surface area contributed by atoms with E-state index in [0.717, 1.165) is 35.6 Å². The molecule has 5 nitrogen and oxygen atoms in total. The van der Waals surface area contributed by atoms with Crippen molar-refractivity contribution in [2.24, 2.45) is 5.92 Å². The molecular weight excluding hydrogens is 298 g/mol. The molecule has 0 spiro atoms. The second kappa shape index (κ2) is 6.89. The summed E-state index contributed by atoms with van der Waals surface area (Å²) in [6, 6.07) is 11.7. The van der Waals surface area contributed by atoms with E-state index in [1.165, 1.54) is 11.5 Å². The van der Waals surface area contributed by atoms with Crippen LogP contribution < -0.4 is 5.32 Å². The number of anilines is 1. The normalized spacial score (nSPS) is 18.2. The number of urea groups is 1. The second-order valence-electron chi connectivity index (χ2n) is 5.51. The molecule has 2 amide bonds. The Bertz CT molecular complexity index is 629. The van der Waals surface area contributed by atoms with E-state index in [1.54, 1.807) is 4.90 Å². The van der Waals surface area contributed by atoms with Crippen LogP contribution in [-0.4, -0.2) is 40.1 Å². The van der Waals surface area contributed by atoms with Crippen LogP contribution in [0, 0.1) is 5.92 Å². The lowest BCUT2D eigenvalue weighted by atomic mass is 9.99. The average Bonchev–Trinajstić information content (AvgIpc) is 3.04. The van der Waals surface area contributed by atoms with Crippen molar-refractivity contribution in [3.8, 4) is 11.3 Å². The van der Waals surface area contributed by atoms with Gasteiger partial charge in [-0.15, -0.1) is 0 Å². The molecule has 0 unspecified atom stereocenters. The molecule has 1 aliphatic rings. The second-order valence-corrected chi connectivity index (χ2v) is 6.31. The molecule has 116 valence electrons. The van der Waals surface area contributed by atoms with Gasteiger partial charge >= 0.3 is 6.03 Å². The number of nitrogens with zero attached hydrogens (tertiary/aromatic N) is 2. The highest BCUT2D eigenvalue weighted by Crippen LogP contribution is 2.26. The fourth-order valence-corrected chi connectivity index (χ4v) is 3.31. The van der Waals surface area contributed by atoms with Gasteiger partial charge in [0.15, 0.2) is 0 Å². The Morgan fingerprint density at radius 3 is 3.00 bits per heavy atom. The lowest BCUT2D eigenvalue weighted by Gasteiger charge is -2.31. The number of amides is 2. The van der Waals surface area contributed by atoms with Crippen LogP contribution in [0.4, 0.5) is 9.80 Å². The van der Waals surface area contributed by atoms with Gasteiger partial charge in [-0.1, -0.05) is 30.3 Å². The van der Waals surface area contributed by atoms with Crippen molar-refractivity contribution < 1.29 is 9.90 Å². The van der Waals surface area contributed by atoms with Crippen LogP contribution >= 0.6 is 11.5 Å². The summed E-state index contributed by atoms with van der Waals surface area (Å²) in [5.74, 6) is 0.195. The third-order valence-corrected chi connectivity index (χ3v) is 4.58. The Kier molecular flexibility index (Phi) is 4.70. The topological polar surface area (TPSA) is 65.5 Å². The third kappa shape index (κ3) is 3.45. The minimum absolute atomic E-state index is 0.110. The summed E-state index contributed by atoms with van der Waals surface area (Å²) in [6.45, 7) is 1.50. The number of nitrogens with one attached hydrogen (secondary N) is 1. The largest absolute Gasteiger partial charge is 0.396 e. The van der Waals surface area contributed by atoms with Crippen molar-refractivity contribution in [3.05, 3.63) is 36.4 Å². The molecule has 3 rings (SSSR count). The number of carbonyl (C=O) groups excluding carboxylic acids is 1. The van der Waals surface area contributed by atoms with E-state index in [9.17, 15) is 9.90 Å². The summed E-state index contributed by atoms with van der Waals surface area (Å²) in [7, 11) is 0. The van der Waals surface area contributed by atoms with Crippen LogP contribution in [0.25, 0.3) is 11.3 Å². The molecule has 1 aliphatic heterocycles. The van der Waals surface area contributed by atoms with E-state index in [-0.39, 0.29) is 18.6 Å². The molecule has 1 aromatic carbocycles. The number of aromatic nitrogens is 1. The molecular formula is C16H19N3O2S. The Morgan fingerprint density at radius 1 is 1.41 bits per heavy atom. The van der Waals surface area contributed by atoms with Crippen molar-refractivity contribution in [2.75, 3.05) is 25.0 Å². The molecule has 2 aromatic rings. The quantitative estimate of drug-likeness (QED) is 0.914. The minimum atomic E-state index is -0.110. The SMILES string of the molecule is O=C(Nc1cc(-c2ccccc2)ns1)N1CCC[C@@H](CO)C1. The molecule has 6 heteroatoms. The van der Waals surface area contributed by atoms with Gasteiger partial charge in [0.2, 0.25) is 0 Å². The maximum Gasteiger partial charge on any atom is 0.322 e. The van der Waals surface area contributed by atoms with Crippen molar-refractivity contribution in [2.45, 2.75) is 12.8 Å². The number of hydrogen-bond donors (Lipinski definition) is 2. The summed E-state index contributed by atoms with van der Waals surface area (Å²) in [6.07, 6.45) is 1.93. The Hall–Kier alpha value is -1.92. The number of carbonyl (C=O) groups is 1. The van der Waals surface area contributed by atoms with Crippen LogP contribution in [0.3, 0.4) is 0 Å². The minimum Gasteiger partial charge on any atom is -0.396 e. The maximum atomic E-state index is 12.3. The first-order valence-corrected chi connectivity index (χ1v) is 8.22. The summed E-state index contributed by atoms with van der Waals surface area (Å²) in [5.41, 5.74) is 1.91. The highest BCUT2D eigenvalue weighted by Gasteiger charge is 2.23. The summed E-state index contributed by atoms with van der Waals surface area (Å²) < 4.78 is 4.38. The standard InChI is InChI=1S/C16H19N3O2S/c20-11-12-5-4-8-19(10-12)16(21)17-15-9-14(18-22-15)13-6-2-1-3-7-13/h1-3,6-7,9,12,20H,4-5,8,10-11H2,(H,17,21)/t12-/m1/s1. The number of piperidine rings is 1. The summed E-state index contributed by atoms with van der Waals surface area (Å²) in [5, 5.41) is 12.9. The Morgan fingerprint density at radius 2 is 2.23 bits per heavy atom. The molecule has 1 aromatic heterocycles. The van der Waals surface area contributed by atoms with Gasteiger partial charge in [-0.2, -0.15) is 4.37 Å². The zero-order valence-electron chi connectivity index (χ0n) is 12.2. The van der Waals surface area contributed by atoms with Crippen molar-refractivity contribution in [1.29, 1.82) is 0 Å². The predicted octanol–water partition coefficient (Wildman–Crippen LogP) is 3.05. The van der Waals surface area contributed by atoms with Crippen LogP contribution in [0.5, 0.6) is 0 Å². The lowest BCUT2D eigenvalue weighted by Crippen LogP contribution is -2.43. The fraction of sp³-hybridized carbons (Fsp3) is 0.375. The first-order chi connectivity index (χ1) is 10.8. The third-order valence-electron chi connectivity index (χ3n) is 3.87. The zero-order valence-corrected chi connectivity index (χ0v) is 13.1. The molecule has 0 saturated carbocycles. The first-order valence-electron chi connectivity index (χ1n) is 7.45. The zero-order chi connectivity index (χ0) is 15.4. The Labute approximate surface area is 133 Å². The number of hydrogen-bond acceptors (Lipinski definition) is 4. The van der Waals surface area contributed by atoms with Crippen molar-refractivity contribution >= 4 is 22.6 Å². The monoisotopic (exact) mass is 317 g/mol. The van der Waals surface area contributed by atoms with E-state index in [1.807, 2.05) is 36.4 Å². The van der Waals surface area contributed by atoms with Crippen LogP contribution in [-0.2, 0) is 0 Å². The molecule has 1 saturated heterocycles. The summed E-state index contributed by atoms with van der Waals surface area (Å²) >= 11 is 1.29. The number of rotatable bonds is 3. The van der Waals surface area contributed by atoms with Crippen LogP contribution in [0.1, 0.15) is 12.8 Å². The lowest BCUT2D eigenvalue weighted by molar-refractivity contribution is 0.136. The maximum absolute atomic E-state index is 12.3. The molecule has 2 heterocycles. The summed E-state index contributed by atoms with van der Waals surface area (Å²) in [4.78, 5) is 14.1. The highest BCUT2D eigenvalue weighted by molar-refractivity contribution is 7.10. The smallest absolute Gasteiger partial charge is 0.322 e. The molecule has 0 aliphatic carbocycles. The first kappa shape index (κ1) is 15.0. The molecule has 2 N–H and O–H groups in total. The van der Waals surface area contributed by atoms with Gasteiger partial charge in [0.1, 0.15) is 5.00 Å². The molecule has 22 heavy (non-hydrogen) atoms. The van der Waals surface area contributed by atoms with Gasteiger partial charge in [0.05, 0.1) is 5.69 Å². The Balaban J connectivity index is 1.64. The number of benzene rings is 1. The molecule has 1 fully saturated rings. The van der Waals surface area contributed by atoms with E-state index < -0.39 is 0 Å². The molecule has 1 atom stereocenters. The number of aliphatic hydroxyl groups is 1. The van der Waals surface area contributed by atoms with Gasteiger partial charge in [-0.05, 0) is 30.3 Å². The molecule has 0 bridgehead atoms. The van der Waals surface area contributed by atoms with Gasteiger partial charge < -0.3 is 10.0 Å². The average molecular weight is 317 g/mol. The van der Waals surface area contributed by atoms with Gasteiger partial charge in [0, 0.05) is 31.3 Å². The van der Waals surface area contributed by atoms with Gasteiger partial charge in [-0.25, -0.2) is 4.79 Å².